The van der Waals surface area contributed by atoms with E-state index in [4.69, 9.17) is 4.42 Å². The number of rotatable bonds is 3. The third-order valence-corrected chi connectivity index (χ3v) is 2.06. The van der Waals surface area contributed by atoms with Crippen molar-refractivity contribution in [3.05, 3.63) is 17.8 Å². The van der Waals surface area contributed by atoms with Crippen LogP contribution in [0.3, 0.4) is 0 Å². The van der Waals surface area contributed by atoms with Crippen molar-refractivity contribution in [3.63, 3.8) is 0 Å². The van der Waals surface area contributed by atoms with Crippen LogP contribution in [0.25, 0.3) is 0 Å². The SMILES string of the molecule is [Li][C](=O)c1cnc(CS(C)(=O)=O)o1. The molecule has 0 bridgehead atoms. The number of hydrogen-bond acceptors (Lipinski definition) is 5. The summed E-state index contributed by atoms with van der Waals surface area (Å²) >= 11 is 1.32. The van der Waals surface area contributed by atoms with Crippen molar-refractivity contribution >= 4 is 32.0 Å². The minimum atomic E-state index is -3.16. The van der Waals surface area contributed by atoms with Gasteiger partial charge in [0.25, 0.3) is 0 Å². The first-order valence-electron chi connectivity index (χ1n) is 3.52. The van der Waals surface area contributed by atoms with Crippen LogP contribution in [0.2, 0.25) is 0 Å². The molecule has 0 aliphatic rings. The third kappa shape index (κ3) is 3.34. The molecule has 1 heterocycles. The summed E-state index contributed by atoms with van der Waals surface area (Å²) in [5.74, 6) is -0.147. The number of hydrogen-bond donors (Lipinski definition) is 0. The summed E-state index contributed by atoms with van der Waals surface area (Å²) in [6.45, 7) is 0. The molecule has 0 spiro atoms. The summed E-state index contributed by atoms with van der Waals surface area (Å²) in [6, 6.07) is 0. The molecule has 1 aromatic rings. The predicted octanol–water partition coefficient (Wildman–Crippen LogP) is -0.472. The number of carbonyl (C=O) groups is 1. The number of oxazole rings is 1. The zero-order chi connectivity index (χ0) is 10.1. The molecule has 0 aliphatic carbocycles. The fourth-order valence-corrected chi connectivity index (χ4v) is 1.35. The van der Waals surface area contributed by atoms with E-state index in [1.54, 1.807) is 0 Å². The van der Waals surface area contributed by atoms with Crippen LogP contribution in [0, 0.1) is 0 Å². The molecular formula is C6H6LiNO4S. The van der Waals surface area contributed by atoms with E-state index < -0.39 is 9.84 Å². The summed E-state index contributed by atoms with van der Waals surface area (Å²) < 4.78 is 26.2. The molecule has 0 aromatic carbocycles. The molecule has 66 valence electrons. The van der Waals surface area contributed by atoms with Crippen LogP contribution in [0.5, 0.6) is 0 Å². The molecule has 13 heavy (non-hydrogen) atoms. The van der Waals surface area contributed by atoms with Gasteiger partial charge in [0.1, 0.15) is 0 Å². The van der Waals surface area contributed by atoms with Gasteiger partial charge in [-0.05, 0) is 0 Å². The van der Waals surface area contributed by atoms with Gasteiger partial charge in [-0.1, -0.05) is 0 Å². The molecule has 0 fully saturated rings. The summed E-state index contributed by atoms with van der Waals surface area (Å²) in [4.78, 5) is 14.4. The van der Waals surface area contributed by atoms with E-state index >= 15 is 0 Å². The zero-order valence-electron chi connectivity index (χ0n) is 7.27. The monoisotopic (exact) mass is 195 g/mol. The Balaban J connectivity index is 2.87. The van der Waals surface area contributed by atoms with Crippen LogP contribution in [0.1, 0.15) is 16.4 Å². The van der Waals surface area contributed by atoms with Gasteiger partial charge in [0.05, 0.1) is 0 Å². The number of aromatic nitrogens is 1. The molecule has 0 radical (unpaired) electrons. The van der Waals surface area contributed by atoms with Crippen molar-refractivity contribution in [2.24, 2.45) is 0 Å². The molecule has 0 saturated heterocycles. The van der Waals surface area contributed by atoms with Crippen LogP contribution in [-0.2, 0) is 15.6 Å². The molecule has 5 nitrogen and oxygen atoms in total. The first-order valence-corrected chi connectivity index (χ1v) is 5.58. The molecular weight excluding hydrogens is 189 g/mol. The summed E-state index contributed by atoms with van der Waals surface area (Å²) in [6.07, 6.45) is 2.30. The van der Waals surface area contributed by atoms with Crippen LogP contribution >= 0.6 is 0 Å². The minimum absolute atomic E-state index is 0.0488. The summed E-state index contributed by atoms with van der Waals surface area (Å²) in [7, 11) is -3.16. The Bertz CT molecular complexity index is 422. The molecule has 7 heteroatoms. The molecule has 0 unspecified atom stereocenters. The van der Waals surface area contributed by atoms with E-state index in [2.05, 4.69) is 4.98 Å². The van der Waals surface area contributed by atoms with E-state index in [-0.39, 0.29) is 21.9 Å². The van der Waals surface area contributed by atoms with Crippen LogP contribution < -0.4 is 0 Å². The van der Waals surface area contributed by atoms with E-state index in [0.717, 1.165) is 6.26 Å². The fourth-order valence-electron chi connectivity index (χ4n) is 0.764. The van der Waals surface area contributed by atoms with Crippen molar-refractivity contribution in [3.8, 4) is 0 Å². The average molecular weight is 195 g/mol. The van der Waals surface area contributed by atoms with Crippen molar-refractivity contribution < 1.29 is 17.6 Å². The Morgan fingerprint density at radius 1 is 1.69 bits per heavy atom. The topological polar surface area (TPSA) is 77.2 Å². The Labute approximate surface area is 84.6 Å². The van der Waals surface area contributed by atoms with Gasteiger partial charge in [0.15, 0.2) is 0 Å². The molecule has 0 atom stereocenters. The van der Waals surface area contributed by atoms with Crippen LogP contribution in [0.15, 0.2) is 10.6 Å². The van der Waals surface area contributed by atoms with Crippen molar-refractivity contribution in [1.29, 1.82) is 0 Å². The third-order valence-electron chi connectivity index (χ3n) is 1.29. The van der Waals surface area contributed by atoms with E-state index in [9.17, 15) is 13.2 Å². The Hall–Kier alpha value is -0.573. The van der Waals surface area contributed by atoms with Gasteiger partial charge in [0, 0.05) is 0 Å². The van der Waals surface area contributed by atoms with E-state index in [1.807, 2.05) is 0 Å². The molecule has 0 saturated carbocycles. The van der Waals surface area contributed by atoms with Gasteiger partial charge >= 0.3 is 84.5 Å². The quantitative estimate of drug-likeness (QED) is 0.609. The number of carbonyl (C=O) groups excluding carboxylic acids is 1. The zero-order valence-corrected chi connectivity index (χ0v) is 8.09. The van der Waals surface area contributed by atoms with E-state index in [0.29, 0.717) is 0 Å². The molecule has 0 aliphatic heterocycles. The Kier molecular flexibility index (Phi) is 2.96. The second kappa shape index (κ2) is 3.66. The van der Waals surface area contributed by atoms with Crippen molar-refractivity contribution in [2.75, 3.05) is 6.26 Å². The standard InChI is InChI=1S/C6H6NO4S.Li/c1-12(9,10)4-6-7-2-5(3-8)11-6;/h2H,4H2,1H3;. The van der Waals surface area contributed by atoms with Gasteiger partial charge in [-0.25, -0.2) is 0 Å². The summed E-state index contributed by atoms with van der Waals surface area (Å²) in [5, 5.41) is 0. The Morgan fingerprint density at radius 3 is 2.69 bits per heavy atom. The number of sulfone groups is 1. The molecule has 1 rings (SSSR count). The van der Waals surface area contributed by atoms with Gasteiger partial charge in [-0.15, -0.1) is 0 Å². The fraction of sp³-hybridized carbons (Fsp3) is 0.333. The molecule has 0 amide bonds. The van der Waals surface area contributed by atoms with Gasteiger partial charge < -0.3 is 0 Å². The predicted molar refractivity (Wildman–Crippen MR) is 45.1 cm³/mol. The molecule has 0 N–H and O–H groups in total. The maximum atomic E-state index is 10.8. The Morgan fingerprint density at radius 2 is 2.31 bits per heavy atom. The summed E-state index contributed by atoms with van der Waals surface area (Å²) in [5.41, 5.74) is 0. The van der Waals surface area contributed by atoms with Crippen LogP contribution in [-0.4, -0.2) is 41.8 Å². The van der Waals surface area contributed by atoms with Gasteiger partial charge in [-0.3, -0.25) is 0 Å². The average Bonchev–Trinajstić information content (AvgIpc) is 2.31. The first-order chi connectivity index (χ1) is 5.88. The normalized spacial score (nSPS) is 11.6. The van der Waals surface area contributed by atoms with E-state index in [1.165, 1.54) is 23.9 Å². The van der Waals surface area contributed by atoms with Gasteiger partial charge in [-0.2, -0.15) is 0 Å². The van der Waals surface area contributed by atoms with Gasteiger partial charge in [0.2, 0.25) is 0 Å². The van der Waals surface area contributed by atoms with Crippen LogP contribution in [0.4, 0.5) is 0 Å². The second-order valence-electron chi connectivity index (χ2n) is 2.74. The molecule has 1 aromatic heterocycles. The second-order valence-corrected chi connectivity index (χ2v) is 4.88. The van der Waals surface area contributed by atoms with Crippen molar-refractivity contribution in [2.45, 2.75) is 5.75 Å². The first kappa shape index (κ1) is 10.5. The number of nitrogens with zero attached hydrogens (tertiary/aromatic N) is 1. The van der Waals surface area contributed by atoms with Crippen molar-refractivity contribution in [1.82, 2.24) is 4.98 Å². The maximum absolute atomic E-state index is 10.8.